The van der Waals surface area contributed by atoms with Crippen LogP contribution in [0.1, 0.15) is 31.4 Å². The molecule has 1 saturated heterocycles. The van der Waals surface area contributed by atoms with Crippen molar-refractivity contribution >= 4 is 11.7 Å². The van der Waals surface area contributed by atoms with E-state index in [1.807, 2.05) is 61.9 Å². The predicted molar refractivity (Wildman–Crippen MR) is 112 cm³/mol. The molecule has 1 fully saturated rings. The smallest absolute Gasteiger partial charge is 0.223 e. The van der Waals surface area contributed by atoms with E-state index in [0.29, 0.717) is 0 Å². The highest BCUT2D eigenvalue weighted by atomic mass is 16.1. The van der Waals surface area contributed by atoms with Crippen molar-refractivity contribution in [3.8, 4) is 5.69 Å². The van der Waals surface area contributed by atoms with E-state index < -0.39 is 0 Å². The van der Waals surface area contributed by atoms with E-state index in [2.05, 4.69) is 38.0 Å². The molecule has 1 unspecified atom stereocenters. The van der Waals surface area contributed by atoms with E-state index in [9.17, 15) is 4.79 Å². The van der Waals surface area contributed by atoms with Gasteiger partial charge in [-0.25, -0.2) is 4.98 Å². The second-order valence-electron chi connectivity index (χ2n) is 7.34. The second kappa shape index (κ2) is 8.30. The molecule has 1 N–H and O–H groups in total. The van der Waals surface area contributed by atoms with Crippen molar-refractivity contribution in [2.75, 3.05) is 18.0 Å². The average Bonchev–Trinajstić information content (AvgIpc) is 3.29. The molecule has 3 aromatic rings. The molecule has 0 bridgehead atoms. The van der Waals surface area contributed by atoms with Gasteiger partial charge in [0.15, 0.2) is 5.82 Å². The lowest BCUT2D eigenvalue weighted by Gasteiger charge is -2.33. The Morgan fingerprint density at radius 1 is 1.04 bits per heavy atom. The number of nitrogens with one attached hydrogen (secondary N) is 1. The van der Waals surface area contributed by atoms with Gasteiger partial charge in [0.2, 0.25) is 5.91 Å². The number of aromatic nitrogens is 2. The molecule has 5 nitrogen and oxygen atoms in total. The molecule has 4 rings (SSSR count). The molecular weight excluding hydrogens is 348 g/mol. The van der Waals surface area contributed by atoms with Crippen molar-refractivity contribution < 1.29 is 4.79 Å². The summed E-state index contributed by atoms with van der Waals surface area (Å²) in [7, 11) is 0. The van der Waals surface area contributed by atoms with E-state index in [1.54, 1.807) is 0 Å². The van der Waals surface area contributed by atoms with Crippen LogP contribution in [0.4, 0.5) is 5.82 Å². The summed E-state index contributed by atoms with van der Waals surface area (Å²) in [5.41, 5.74) is 2.21. The molecule has 3 heterocycles. The summed E-state index contributed by atoms with van der Waals surface area (Å²) in [6, 6.07) is 18.2. The fraction of sp³-hybridized carbons (Fsp3) is 0.304. The molecule has 1 aromatic carbocycles. The summed E-state index contributed by atoms with van der Waals surface area (Å²) >= 11 is 0. The first-order chi connectivity index (χ1) is 13.7. The Bertz CT molecular complexity index is 899. The Labute approximate surface area is 166 Å². The van der Waals surface area contributed by atoms with E-state index in [-0.39, 0.29) is 17.9 Å². The van der Waals surface area contributed by atoms with Crippen LogP contribution in [0.3, 0.4) is 0 Å². The lowest BCUT2D eigenvalue weighted by molar-refractivity contribution is -0.126. The Morgan fingerprint density at radius 2 is 1.75 bits per heavy atom. The Kier molecular flexibility index (Phi) is 5.42. The van der Waals surface area contributed by atoms with Crippen molar-refractivity contribution in [2.45, 2.75) is 25.8 Å². The fourth-order valence-corrected chi connectivity index (χ4v) is 3.84. The molecule has 1 atom stereocenters. The monoisotopic (exact) mass is 374 g/mol. The third-order valence-electron chi connectivity index (χ3n) is 5.47. The highest BCUT2D eigenvalue weighted by Gasteiger charge is 2.27. The van der Waals surface area contributed by atoms with Crippen LogP contribution in [0.5, 0.6) is 0 Å². The number of amides is 1. The number of piperidine rings is 1. The first-order valence-corrected chi connectivity index (χ1v) is 9.91. The molecule has 1 aliphatic rings. The molecule has 144 valence electrons. The van der Waals surface area contributed by atoms with E-state index in [4.69, 9.17) is 0 Å². The number of rotatable bonds is 5. The number of pyridine rings is 1. The fourth-order valence-electron chi connectivity index (χ4n) is 3.84. The van der Waals surface area contributed by atoms with Gasteiger partial charge in [0.1, 0.15) is 0 Å². The quantitative estimate of drug-likeness (QED) is 0.735. The average molecular weight is 374 g/mol. The van der Waals surface area contributed by atoms with Crippen LogP contribution >= 0.6 is 0 Å². The molecular formula is C23H26N4O. The van der Waals surface area contributed by atoms with Gasteiger partial charge in [-0.2, -0.15) is 0 Å². The van der Waals surface area contributed by atoms with Crippen molar-refractivity contribution in [3.05, 3.63) is 78.8 Å². The normalized spacial score (nSPS) is 16.0. The van der Waals surface area contributed by atoms with Gasteiger partial charge in [0.05, 0.1) is 11.7 Å². The number of carbonyl (C=O) groups is 1. The maximum absolute atomic E-state index is 12.7. The molecule has 2 aromatic heterocycles. The lowest BCUT2D eigenvalue weighted by Crippen LogP contribution is -2.41. The summed E-state index contributed by atoms with van der Waals surface area (Å²) < 4.78 is 2.09. The minimum absolute atomic E-state index is 0.0304. The van der Waals surface area contributed by atoms with Gasteiger partial charge >= 0.3 is 0 Å². The molecule has 1 aliphatic heterocycles. The van der Waals surface area contributed by atoms with Crippen molar-refractivity contribution in [3.63, 3.8) is 0 Å². The summed E-state index contributed by atoms with van der Waals surface area (Å²) in [5, 5.41) is 3.18. The summed E-state index contributed by atoms with van der Waals surface area (Å²) in [5.74, 6) is 1.19. The predicted octanol–water partition coefficient (Wildman–Crippen LogP) is 3.97. The molecule has 1 amide bonds. The van der Waals surface area contributed by atoms with Gasteiger partial charge in [-0.15, -0.1) is 0 Å². The first-order valence-electron chi connectivity index (χ1n) is 9.91. The number of anilines is 1. The van der Waals surface area contributed by atoms with Gasteiger partial charge < -0.3 is 14.8 Å². The summed E-state index contributed by atoms with van der Waals surface area (Å²) in [4.78, 5) is 19.6. The van der Waals surface area contributed by atoms with Gasteiger partial charge in [-0.05, 0) is 49.6 Å². The molecule has 0 saturated carbocycles. The number of carbonyl (C=O) groups excluding carboxylic acids is 1. The van der Waals surface area contributed by atoms with Crippen LogP contribution in [0, 0.1) is 5.92 Å². The van der Waals surface area contributed by atoms with E-state index >= 15 is 0 Å². The third kappa shape index (κ3) is 3.93. The topological polar surface area (TPSA) is 50.2 Å². The SMILES string of the molecule is CC(NC(=O)C1CCN(c2ncccc2-n2cccc2)CC1)c1ccccc1. The van der Waals surface area contributed by atoms with Gasteiger partial charge in [-0.3, -0.25) is 4.79 Å². The van der Waals surface area contributed by atoms with Gasteiger partial charge in [-0.1, -0.05) is 30.3 Å². The first kappa shape index (κ1) is 18.3. The molecule has 0 spiro atoms. The van der Waals surface area contributed by atoms with Crippen LogP contribution in [-0.2, 0) is 4.79 Å². The molecule has 0 aliphatic carbocycles. The minimum atomic E-state index is 0.0304. The highest BCUT2D eigenvalue weighted by Crippen LogP contribution is 2.27. The number of nitrogens with zero attached hydrogens (tertiary/aromatic N) is 3. The summed E-state index contributed by atoms with van der Waals surface area (Å²) in [6.07, 6.45) is 7.59. The number of hydrogen-bond donors (Lipinski definition) is 1. The lowest BCUT2D eigenvalue weighted by atomic mass is 9.95. The van der Waals surface area contributed by atoms with Crippen LogP contribution < -0.4 is 10.2 Å². The number of hydrogen-bond acceptors (Lipinski definition) is 3. The standard InChI is InChI=1S/C23H26N4O/c1-18(19-8-3-2-4-9-19)25-23(28)20-11-16-27(17-12-20)22-21(10-7-13-24-22)26-14-5-6-15-26/h2-10,13-15,18,20H,11-12,16-17H2,1H3,(H,25,28). The van der Waals surface area contributed by atoms with Crippen molar-refractivity contribution in [1.29, 1.82) is 0 Å². The minimum Gasteiger partial charge on any atom is -0.355 e. The van der Waals surface area contributed by atoms with Crippen LogP contribution in [0.25, 0.3) is 5.69 Å². The zero-order valence-corrected chi connectivity index (χ0v) is 16.2. The Morgan fingerprint density at radius 3 is 2.46 bits per heavy atom. The molecule has 5 heteroatoms. The van der Waals surface area contributed by atoms with Gasteiger partial charge in [0, 0.05) is 37.6 Å². The van der Waals surface area contributed by atoms with Gasteiger partial charge in [0.25, 0.3) is 0 Å². The van der Waals surface area contributed by atoms with Crippen molar-refractivity contribution in [2.24, 2.45) is 5.92 Å². The van der Waals surface area contributed by atoms with Crippen LogP contribution in [0.2, 0.25) is 0 Å². The Hall–Kier alpha value is -3.08. The zero-order chi connectivity index (χ0) is 19.3. The largest absolute Gasteiger partial charge is 0.355 e. The molecule has 28 heavy (non-hydrogen) atoms. The summed E-state index contributed by atoms with van der Waals surface area (Å²) in [6.45, 7) is 3.71. The van der Waals surface area contributed by atoms with Crippen LogP contribution in [-0.4, -0.2) is 28.5 Å². The third-order valence-corrected chi connectivity index (χ3v) is 5.47. The van der Waals surface area contributed by atoms with E-state index in [1.165, 1.54) is 0 Å². The van der Waals surface area contributed by atoms with Crippen LogP contribution in [0.15, 0.2) is 73.2 Å². The maximum atomic E-state index is 12.7. The highest BCUT2D eigenvalue weighted by molar-refractivity contribution is 5.79. The second-order valence-corrected chi connectivity index (χ2v) is 7.34. The van der Waals surface area contributed by atoms with E-state index in [0.717, 1.165) is 43.0 Å². The molecule has 0 radical (unpaired) electrons. The van der Waals surface area contributed by atoms with Crippen molar-refractivity contribution in [1.82, 2.24) is 14.9 Å². The Balaban J connectivity index is 1.38. The maximum Gasteiger partial charge on any atom is 0.223 e. The number of benzene rings is 1. The zero-order valence-electron chi connectivity index (χ0n) is 16.2.